The van der Waals surface area contributed by atoms with Crippen LogP contribution in [0.25, 0.3) is 6.08 Å². The first-order valence-electron chi connectivity index (χ1n) is 5.65. The molecule has 0 aliphatic carbocycles. The molecule has 0 heterocycles. The van der Waals surface area contributed by atoms with Gasteiger partial charge in [0.15, 0.2) is 0 Å². The average molecular weight is 314 g/mol. The van der Waals surface area contributed by atoms with Crippen LogP contribution in [0.1, 0.15) is 11.1 Å². The van der Waals surface area contributed by atoms with E-state index in [2.05, 4.69) is 0 Å². The monoisotopic (exact) mass is 312 g/mol. The van der Waals surface area contributed by atoms with E-state index in [0.717, 1.165) is 11.1 Å². The largest absolute Gasteiger partial charge is 0.487 e. The van der Waals surface area contributed by atoms with Crippen LogP contribution in [-0.2, 0) is 6.61 Å². The summed E-state index contributed by atoms with van der Waals surface area (Å²) in [5.41, 5.74) is 1.81. The molecule has 0 saturated heterocycles. The van der Waals surface area contributed by atoms with Crippen LogP contribution >= 0.6 is 34.8 Å². The fourth-order valence-corrected chi connectivity index (χ4v) is 2.07. The van der Waals surface area contributed by atoms with Crippen molar-refractivity contribution in [2.75, 3.05) is 0 Å². The van der Waals surface area contributed by atoms with Crippen molar-refractivity contribution >= 4 is 40.9 Å². The second kappa shape index (κ2) is 6.85. The molecule has 0 amide bonds. The van der Waals surface area contributed by atoms with Gasteiger partial charge in [0.25, 0.3) is 0 Å². The van der Waals surface area contributed by atoms with Gasteiger partial charge in [-0.1, -0.05) is 77.3 Å². The number of hydrogen-bond acceptors (Lipinski definition) is 1. The number of ether oxygens (including phenoxy) is 1. The first-order chi connectivity index (χ1) is 9.16. The highest BCUT2D eigenvalue weighted by Gasteiger charge is 2.06. The molecule has 98 valence electrons. The minimum Gasteiger partial charge on any atom is -0.487 e. The molecule has 0 aliphatic heterocycles. The summed E-state index contributed by atoms with van der Waals surface area (Å²) in [7, 11) is 0. The van der Waals surface area contributed by atoms with E-state index < -0.39 is 0 Å². The van der Waals surface area contributed by atoms with Crippen molar-refractivity contribution in [2.24, 2.45) is 0 Å². The Morgan fingerprint density at radius 2 is 1.74 bits per heavy atom. The van der Waals surface area contributed by atoms with E-state index in [9.17, 15) is 0 Å². The fraction of sp³-hybridized carbons (Fsp3) is 0.0667. The zero-order valence-electron chi connectivity index (χ0n) is 9.95. The van der Waals surface area contributed by atoms with Crippen LogP contribution < -0.4 is 4.74 Å². The maximum atomic E-state index is 6.23. The van der Waals surface area contributed by atoms with Gasteiger partial charge in [-0.15, -0.1) is 0 Å². The number of hydrogen-bond donors (Lipinski definition) is 0. The first-order valence-corrected chi connectivity index (χ1v) is 6.78. The zero-order valence-corrected chi connectivity index (χ0v) is 12.2. The molecule has 2 aromatic rings. The minimum atomic E-state index is 0.155. The summed E-state index contributed by atoms with van der Waals surface area (Å²) in [4.78, 5) is 0. The summed E-state index contributed by atoms with van der Waals surface area (Å²) < 4.78 is 5.85. The third-order valence-corrected chi connectivity index (χ3v) is 3.12. The Labute approximate surface area is 127 Å². The lowest BCUT2D eigenvalue weighted by molar-refractivity contribution is 0.306. The van der Waals surface area contributed by atoms with Gasteiger partial charge in [0.05, 0.1) is 5.02 Å². The second-order valence-electron chi connectivity index (χ2n) is 3.87. The minimum absolute atomic E-state index is 0.155. The van der Waals surface area contributed by atoms with Crippen molar-refractivity contribution in [3.05, 3.63) is 69.2 Å². The van der Waals surface area contributed by atoms with Crippen LogP contribution in [0.5, 0.6) is 5.75 Å². The Balaban J connectivity index is 2.15. The Morgan fingerprint density at radius 1 is 1.00 bits per heavy atom. The Morgan fingerprint density at radius 3 is 2.42 bits per heavy atom. The van der Waals surface area contributed by atoms with Gasteiger partial charge < -0.3 is 4.74 Å². The lowest BCUT2D eigenvalue weighted by Gasteiger charge is -2.09. The number of benzene rings is 2. The molecule has 0 bridgehead atoms. The van der Waals surface area contributed by atoms with Crippen molar-refractivity contribution in [1.82, 2.24) is 0 Å². The van der Waals surface area contributed by atoms with Gasteiger partial charge >= 0.3 is 0 Å². The van der Waals surface area contributed by atoms with Gasteiger partial charge in [-0.25, -0.2) is 0 Å². The molecule has 0 radical (unpaired) electrons. The van der Waals surface area contributed by atoms with E-state index in [-0.39, 0.29) is 4.49 Å². The van der Waals surface area contributed by atoms with Crippen LogP contribution in [0, 0.1) is 0 Å². The first kappa shape index (κ1) is 14.3. The van der Waals surface area contributed by atoms with Gasteiger partial charge in [0.2, 0.25) is 0 Å². The van der Waals surface area contributed by atoms with Crippen LogP contribution in [0.2, 0.25) is 5.02 Å². The van der Waals surface area contributed by atoms with Gasteiger partial charge in [-0.3, -0.25) is 0 Å². The van der Waals surface area contributed by atoms with Crippen LogP contribution in [0.15, 0.2) is 53.0 Å². The average Bonchev–Trinajstić information content (AvgIpc) is 2.40. The molecule has 0 spiro atoms. The van der Waals surface area contributed by atoms with Crippen LogP contribution in [0.3, 0.4) is 0 Å². The maximum absolute atomic E-state index is 6.23. The fourth-order valence-electron chi connectivity index (χ4n) is 1.60. The molecule has 0 aromatic heterocycles. The number of rotatable bonds is 4. The smallest absolute Gasteiger partial charge is 0.139 e. The van der Waals surface area contributed by atoms with Crippen molar-refractivity contribution in [1.29, 1.82) is 0 Å². The summed E-state index contributed by atoms with van der Waals surface area (Å²) in [5, 5.41) is 0.497. The number of halogens is 3. The van der Waals surface area contributed by atoms with Gasteiger partial charge in [0, 0.05) is 0 Å². The third-order valence-electron chi connectivity index (χ3n) is 2.49. The van der Waals surface area contributed by atoms with Crippen molar-refractivity contribution in [2.45, 2.75) is 6.61 Å². The van der Waals surface area contributed by atoms with E-state index in [4.69, 9.17) is 39.5 Å². The molecule has 1 nitrogen and oxygen atoms in total. The maximum Gasteiger partial charge on any atom is 0.139 e. The molecule has 0 saturated carbocycles. The quantitative estimate of drug-likeness (QED) is 0.704. The molecule has 0 aliphatic rings. The summed E-state index contributed by atoms with van der Waals surface area (Å²) in [6, 6.07) is 15.4. The predicted molar refractivity (Wildman–Crippen MR) is 81.9 cm³/mol. The Kier molecular flexibility index (Phi) is 5.15. The predicted octanol–water partition coefficient (Wildman–Crippen LogP) is 5.70. The van der Waals surface area contributed by atoms with Crippen molar-refractivity contribution < 1.29 is 4.74 Å². The normalized spacial score (nSPS) is 10.1. The molecular formula is C15H11Cl3O. The highest BCUT2D eigenvalue weighted by Crippen LogP contribution is 2.31. The van der Waals surface area contributed by atoms with E-state index in [0.29, 0.717) is 17.4 Å². The van der Waals surface area contributed by atoms with Crippen molar-refractivity contribution in [3.8, 4) is 5.75 Å². The summed E-state index contributed by atoms with van der Waals surface area (Å²) in [5.74, 6) is 0.605. The topological polar surface area (TPSA) is 9.23 Å². The van der Waals surface area contributed by atoms with E-state index in [1.807, 2.05) is 48.5 Å². The molecule has 2 rings (SSSR count). The Hall–Kier alpha value is -1.15. The molecule has 0 atom stereocenters. The molecule has 0 unspecified atom stereocenters. The van der Waals surface area contributed by atoms with E-state index in [1.54, 1.807) is 6.08 Å². The second-order valence-corrected chi connectivity index (χ2v) is 5.25. The van der Waals surface area contributed by atoms with Crippen molar-refractivity contribution in [3.63, 3.8) is 0 Å². The van der Waals surface area contributed by atoms with Gasteiger partial charge in [-0.05, 0) is 23.3 Å². The summed E-state index contributed by atoms with van der Waals surface area (Å²) >= 11 is 17.5. The molecule has 0 N–H and O–H groups in total. The Bertz CT molecular complexity index is 575. The SMILES string of the molecule is ClC(Cl)=Cc1cccc(OCc2ccccc2)c1Cl. The van der Waals surface area contributed by atoms with Crippen LogP contribution in [0.4, 0.5) is 0 Å². The summed E-state index contributed by atoms with van der Waals surface area (Å²) in [6.07, 6.45) is 1.58. The zero-order chi connectivity index (χ0) is 13.7. The molecule has 2 aromatic carbocycles. The summed E-state index contributed by atoms with van der Waals surface area (Å²) in [6.45, 7) is 0.461. The van der Waals surface area contributed by atoms with Crippen LogP contribution in [-0.4, -0.2) is 0 Å². The lowest BCUT2D eigenvalue weighted by Crippen LogP contribution is -1.96. The molecule has 19 heavy (non-hydrogen) atoms. The third kappa shape index (κ3) is 4.17. The standard InChI is InChI=1S/C15H11Cl3O/c16-14(17)9-12-7-4-8-13(15(12)18)19-10-11-5-2-1-3-6-11/h1-9H,10H2. The molecule has 0 fully saturated rings. The molecule has 4 heteroatoms. The van der Waals surface area contributed by atoms with Gasteiger partial charge in [-0.2, -0.15) is 0 Å². The van der Waals surface area contributed by atoms with Gasteiger partial charge in [0.1, 0.15) is 16.8 Å². The highest BCUT2D eigenvalue weighted by molar-refractivity contribution is 6.57. The molecular weight excluding hydrogens is 303 g/mol. The lowest BCUT2D eigenvalue weighted by atomic mass is 10.2. The van der Waals surface area contributed by atoms with E-state index >= 15 is 0 Å². The highest BCUT2D eigenvalue weighted by atomic mass is 35.5. The van der Waals surface area contributed by atoms with E-state index in [1.165, 1.54) is 0 Å².